The number of amides is 1. The molecular formula is C40H38N4O3. The van der Waals surface area contributed by atoms with Gasteiger partial charge < -0.3 is 19.5 Å². The molecule has 0 bridgehead atoms. The summed E-state index contributed by atoms with van der Waals surface area (Å²) in [4.78, 5) is 36.1. The van der Waals surface area contributed by atoms with Gasteiger partial charge in [0.15, 0.2) is 0 Å². The van der Waals surface area contributed by atoms with Gasteiger partial charge in [-0.05, 0) is 46.9 Å². The van der Waals surface area contributed by atoms with E-state index in [0.29, 0.717) is 37.0 Å². The molecule has 0 aliphatic heterocycles. The summed E-state index contributed by atoms with van der Waals surface area (Å²) < 4.78 is 5.79. The molecular weight excluding hydrogens is 584 g/mol. The van der Waals surface area contributed by atoms with Crippen LogP contribution in [0.15, 0.2) is 143 Å². The number of rotatable bonds is 12. The van der Waals surface area contributed by atoms with Gasteiger partial charge in [0.1, 0.15) is 6.04 Å². The van der Waals surface area contributed by atoms with Crippen LogP contribution >= 0.6 is 0 Å². The van der Waals surface area contributed by atoms with Crippen molar-refractivity contribution in [3.05, 3.63) is 172 Å². The van der Waals surface area contributed by atoms with E-state index in [1.807, 2.05) is 116 Å². The van der Waals surface area contributed by atoms with Crippen LogP contribution in [0.25, 0.3) is 10.9 Å². The molecule has 1 amide bonds. The molecule has 0 unspecified atom stereocenters. The van der Waals surface area contributed by atoms with Gasteiger partial charge in [0.05, 0.1) is 10.9 Å². The number of nitrogens with zero attached hydrogens (tertiary/aromatic N) is 3. The van der Waals surface area contributed by atoms with Crippen molar-refractivity contribution in [1.82, 2.24) is 9.88 Å². The first kappa shape index (κ1) is 31.3. The third-order valence-electron chi connectivity index (χ3n) is 8.32. The van der Waals surface area contributed by atoms with Crippen LogP contribution in [0.1, 0.15) is 27.8 Å². The molecule has 0 aliphatic carbocycles. The molecule has 0 saturated carbocycles. The lowest BCUT2D eigenvalue weighted by Gasteiger charge is -2.27. The van der Waals surface area contributed by atoms with Crippen LogP contribution in [0, 0.1) is 6.92 Å². The Kier molecular flexibility index (Phi) is 9.73. The Bertz CT molecular complexity index is 1940. The minimum atomic E-state index is -0.702. The lowest BCUT2D eigenvalue weighted by molar-refractivity contribution is -0.131. The summed E-state index contributed by atoms with van der Waals surface area (Å²) in [5.74, 6) is -0.133. The summed E-state index contributed by atoms with van der Waals surface area (Å²) in [6.07, 6.45) is 0.397. The second kappa shape index (κ2) is 14.6. The van der Waals surface area contributed by atoms with E-state index in [0.717, 1.165) is 22.4 Å². The van der Waals surface area contributed by atoms with Crippen LogP contribution in [-0.2, 0) is 30.8 Å². The number of nitrogens with one attached hydrogen (secondary N) is 1. The van der Waals surface area contributed by atoms with Crippen molar-refractivity contribution in [3.63, 3.8) is 0 Å². The van der Waals surface area contributed by atoms with E-state index in [2.05, 4.69) is 34.5 Å². The fraction of sp³-hybridized carbons (Fsp3) is 0.175. The van der Waals surface area contributed by atoms with E-state index in [1.54, 1.807) is 11.9 Å². The minimum Gasteiger partial charge on any atom is -0.389 e. The summed E-state index contributed by atoms with van der Waals surface area (Å²) in [6, 6.07) is 43.4. The molecule has 6 aromatic rings. The van der Waals surface area contributed by atoms with Crippen LogP contribution in [0.4, 0.5) is 11.7 Å². The molecule has 6 rings (SSSR count). The van der Waals surface area contributed by atoms with Crippen LogP contribution in [0.3, 0.4) is 0 Å². The number of hydrogen-bond acceptors (Lipinski definition) is 6. The second-order valence-electron chi connectivity index (χ2n) is 11.8. The van der Waals surface area contributed by atoms with Crippen molar-refractivity contribution in [2.75, 3.05) is 17.3 Å². The van der Waals surface area contributed by atoms with Crippen molar-refractivity contribution in [1.29, 1.82) is 0 Å². The van der Waals surface area contributed by atoms with E-state index >= 15 is 0 Å². The number of benzene rings is 5. The van der Waals surface area contributed by atoms with Gasteiger partial charge in [-0.25, -0.2) is 4.79 Å². The number of likely N-dealkylation sites (N-methyl/N-ethyl adjacent to an activating group) is 1. The van der Waals surface area contributed by atoms with Gasteiger partial charge in [-0.2, -0.15) is 4.98 Å². The molecule has 1 heterocycles. The Labute approximate surface area is 275 Å². The van der Waals surface area contributed by atoms with Gasteiger partial charge in [0.25, 0.3) is 6.01 Å². The lowest BCUT2D eigenvalue weighted by atomic mass is 10.0. The van der Waals surface area contributed by atoms with E-state index in [9.17, 15) is 9.59 Å². The molecule has 236 valence electrons. The first-order valence-electron chi connectivity index (χ1n) is 15.8. The lowest BCUT2D eigenvalue weighted by Crippen LogP contribution is -2.42. The predicted octanol–water partition coefficient (Wildman–Crippen LogP) is 7.39. The van der Waals surface area contributed by atoms with E-state index in [-0.39, 0.29) is 11.9 Å². The Morgan fingerprint density at radius 1 is 0.702 bits per heavy atom. The molecule has 0 radical (unpaired) electrons. The quantitative estimate of drug-likeness (QED) is 0.153. The monoisotopic (exact) mass is 622 g/mol. The van der Waals surface area contributed by atoms with E-state index in [4.69, 9.17) is 9.40 Å². The number of hydrogen-bond donors (Lipinski definition) is 1. The average molecular weight is 623 g/mol. The zero-order valence-corrected chi connectivity index (χ0v) is 26.7. The summed E-state index contributed by atoms with van der Waals surface area (Å²) in [5, 5.41) is 3.59. The third kappa shape index (κ3) is 7.76. The fourth-order valence-corrected chi connectivity index (χ4v) is 5.95. The predicted molar refractivity (Wildman–Crippen MR) is 188 cm³/mol. The molecule has 1 N–H and O–H groups in total. The highest BCUT2D eigenvalue weighted by Crippen LogP contribution is 2.29. The molecule has 5 aromatic carbocycles. The highest BCUT2D eigenvalue weighted by Gasteiger charge is 2.25. The van der Waals surface area contributed by atoms with Gasteiger partial charge in [-0.15, -0.1) is 0 Å². The molecule has 0 saturated heterocycles. The summed E-state index contributed by atoms with van der Waals surface area (Å²) in [6.45, 7) is 3.72. The van der Waals surface area contributed by atoms with Crippen molar-refractivity contribution >= 4 is 28.5 Å². The van der Waals surface area contributed by atoms with Crippen molar-refractivity contribution in [2.45, 2.75) is 39.0 Å². The highest BCUT2D eigenvalue weighted by molar-refractivity contribution is 5.88. The number of anilines is 2. The first-order valence-corrected chi connectivity index (χ1v) is 15.8. The minimum absolute atomic E-state index is 0.0162. The standard InChI is InChI=1S/C40H38N4O3/c1-29-36(44(27-32-19-11-5-12-20-32)28-33-21-13-6-14-22-33)24-23-34-37(29)39(46)47-40(41-34)42-35(25-30-15-7-3-8-16-30)38(45)43(2)26-31-17-9-4-10-18-31/h3-24,35H,25-28H2,1-2H3,(H,41,42)/t35-/m0/s1. The maximum atomic E-state index is 13.8. The Balaban J connectivity index is 1.31. The van der Waals surface area contributed by atoms with Crippen LogP contribution in [0.5, 0.6) is 0 Å². The molecule has 0 spiro atoms. The molecule has 0 aliphatic rings. The zero-order valence-electron chi connectivity index (χ0n) is 26.7. The summed E-state index contributed by atoms with van der Waals surface area (Å²) in [7, 11) is 1.78. The van der Waals surface area contributed by atoms with E-state index < -0.39 is 11.7 Å². The normalized spacial score (nSPS) is 11.6. The maximum absolute atomic E-state index is 13.8. The van der Waals surface area contributed by atoms with Gasteiger partial charge >= 0.3 is 5.63 Å². The molecule has 1 atom stereocenters. The highest BCUT2D eigenvalue weighted by atomic mass is 16.4. The molecule has 0 fully saturated rings. The van der Waals surface area contributed by atoms with Crippen LogP contribution in [-0.4, -0.2) is 28.9 Å². The summed E-state index contributed by atoms with van der Waals surface area (Å²) in [5.41, 5.74) is 6.07. The topological polar surface area (TPSA) is 78.7 Å². The number of aromatic nitrogens is 1. The van der Waals surface area contributed by atoms with Crippen molar-refractivity contribution in [2.24, 2.45) is 0 Å². The number of fused-ring (bicyclic) bond motifs is 1. The largest absolute Gasteiger partial charge is 0.389 e. The average Bonchev–Trinajstić information content (AvgIpc) is 3.09. The molecule has 1 aromatic heterocycles. The molecule has 7 nitrogen and oxygen atoms in total. The van der Waals surface area contributed by atoms with Crippen LogP contribution in [0.2, 0.25) is 0 Å². The Hall–Kier alpha value is -5.69. The Morgan fingerprint density at radius 2 is 1.19 bits per heavy atom. The fourth-order valence-electron chi connectivity index (χ4n) is 5.95. The smallest absolute Gasteiger partial charge is 0.348 e. The Morgan fingerprint density at radius 3 is 1.72 bits per heavy atom. The number of carbonyl (C=O) groups excluding carboxylic acids is 1. The van der Waals surface area contributed by atoms with Gasteiger partial charge in [0, 0.05) is 38.8 Å². The van der Waals surface area contributed by atoms with Gasteiger partial charge in [-0.1, -0.05) is 121 Å². The molecule has 47 heavy (non-hydrogen) atoms. The van der Waals surface area contributed by atoms with Gasteiger partial charge in [-0.3, -0.25) is 4.79 Å². The number of aryl methyl sites for hydroxylation is 1. The molecule has 7 heteroatoms. The van der Waals surface area contributed by atoms with Gasteiger partial charge in [0.2, 0.25) is 5.91 Å². The third-order valence-corrected chi connectivity index (χ3v) is 8.32. The van der Waals surface area contributed by atoms with Crippen LogP contribution < -0.4 is 15.8 Å². The van der Waals surface area contributed by atoms with Crippen molar-refractivity contribution in [3.8, 4) is 0 Å². The summed E-state index contributed by atoms with van der Waals surface area (Å²) >= 11 is 0. The zero-order chi connectivity index (χ0) is 32.6. The maximum Gasteiger partial charge on any atom is 0.348 e. The number of carbonyl (C=O) groups is 1. The van der Waals surface area contributed by atoms with E-state index in [1.165, 1.54) is 11.1 Å². The first-order chi connectivity index (χ1) is 22.9. The second-order valence-corrected chi connectivity index (χ2v) is 11.8. The van der Waals surface area contributed by atoms with Crippen molar-refractivity contribution < 1.29 is 9.21 Å². The SMILES string of the molecule is Cc1c(N(Cc2ccccc2)Cc2ccccc2)ccc2nc(N[C@@H](Cc3ccccc3)C(=O)N(C)Cc3ccccc3)oc(=O)c12.